The van der Waals surface area contributed by atoms with E-state index in [1.54, 1.807) is 4.90 Å². The van der Waals surface area contributed by atoms with Crippen molar-refractivity contribution in [3.63, 3.8) is 0 Å². The van der Waals surface area contributed by atoms with Gasteiger partial charge in [0, 0.05) is 6.54 Å². The number of hydrogen-bond acceptors (Lipinski definition) is 3. The summed E-state index contributed by atoms with van der Waals surface area (Å²) < 4.78 is 0. The third-order valence-corrected chi connectivity index (χ3v) is 4.00. The van der Waals surface area contributed by atoms with E-state index in [1.165, 1.54) is 0 Å². The molecule has 1 aromatic carbocycles. The number of primary amides is 1. The number of halogens is 1. The number of nitrogens with one attached hydrogen (secondary N) is 1. The van der Waals surface area contributed by atoms with Gasteiger partial charge in [-0.15, -0.1) is 12.4 Å². The summed E-state index contributed by atoms with van der Waals surface area (Å²) in [6, 6.07) is 9.56. The van der Waals surface area contributed by atoms with E-state index < -0.39 is 5.91 Å². The third-order valence-electron chi connectivity index (χ3n) is 4.00. The van der Waals surface area contributed by atoms with Crippen LogP contribution in [0.25, 0.3) is 0 Å². The van der Waals surface area contributed by atoms with Gasteiger partial charge >= 0.3 is 0 Å². The number of benzene rings is 1. The van der Waals surface area contributed by atoms with Crippen LogP contribution in [0.2, 0.25) is 0 Å². The van der Waals surface area contributed by atoms with Crippen LogP contribution in [0.5, 0.6) is 0 Å². The molecule has 22 heavy (non-hydrogen) atoms. The second-order valence-corrected chi connectivity index (χ2v) is 5.56. The quantitative estimate of drug-likeness (QED) is 0.861. The minimum absolute atomic E-state index is 0. The van der Waals surface area contributed by atoms with Crippen LogP contribution in [0.15, 0.2) is 30.3 Å². The molecule has 1 aliphatic heterocycles. The van der Waals surface area contributed by atoms with E-state index in [0.717, 1.165) is 24.9 Å². The normalized spacial score (nSPS) is 18.9. The minimum atomic E-state index is -0.477. The zero-order chi connectivity index (χ0) is 15.2. The van der Waals surface area contributed by atoms with Crippen molar-refractivity contribution in [2.24, 2.45) is 11.7 Å². The molecule has 122 valence electrons. The Morgan fingerprint density at radius 3 is 2.59 bits per heavy atom. The van der Waals surface area contributed by atoms with Crippen molar-refractivity contribution in [3.8, 4) is 0 Å². The maximum atomic E-state index is 12.7. The van der Waals surface area contributed by atoms with E-state index in [-0.39, 0.29) is 36.8 Å². The molecule has 0 radical (unpaired) electrons. The van der Waals surface area contributed by atoms with E-state index in [1.807, 2.05) is 37.3 Å². The van der Waals surface area contributed by atoms with Crippen LogP contribution < -0.4 is 11.1 Å². The number of nitrogens with zero attached hydrogens (tertiary/aromatic N) is 1. The number of rotatable bonds is 5. The van der Waals surface area contributed by atoms with Crippen LogP contribution in [0.4, 0.5) is 0 Å². The fourth-order valence-corrected chi connectivity index (χ4v) is 2.78. The Bertz CT molecular complexity index is 489. The van der Waals surface area contributed by atoms with Gasteiger partial charge in [0.1, 0.15) is 0 Å². The SMILES string of the molecule is C[C@H](c1ccccc1)N(CC(N)=O)C(=O)C1CCCNC1.Cl. The average Bonchev–Trinajstić information content (AvgIpc) is 2.53. The summed E-state index contributed by atoms with van der Waals surface area (Å²) in [5.74, 6) is -0.531. The standard InChI is InChI=1S/C16H23N3O2.ClH/c1-12(13-6-3-2-4-7-13)19(11-15(17)20)16(21)14-8-5-9-18-10-14;/h2-4,6-7,12,14,18H,5,8-11H2,1H3,(H2,17,20);1H/t12-,14?;/m1./s1. The Morgan fingerprint density at radius 2 is 2.05 bits per heavy atom. The molecule has 1 unspecified atom stereocenters. The summed E-state index contributed by atoms with van der Waals surface area (Å²) >= 11 is 0. The zero-order valence-electron chi connectivity index (χ0n) is 12.8. The molecule has 1 heterocycles. The summed E-state index contributed by atoms with van der Waals surface area (Å²) in [4.78, 5) is 25.7. The number of hydrogen-bond donors (Lipinski definition) is 2. The molecule has 2 atom stereocenters. The Morgan fingerprint density at radius 1 is 1.36 bits per heavy atom. The van der Waals surface area contributed by atoms with Gasteiger partial charge in [0.15, 0.2) is 0 Å². The van der Waals surface area contributed by atoms with Crippen molar-refractivity contribution in [1.29, 1.82) is 0 Å². The Labute approximate surface area is 137 Å². The predicted octanol–water partition coefficient (Wildman–Crippen LogP) is 1.48. The molecule has 1 aliphatic rings. The van der Waals surface area contributed by atoms with Crippen LogP contribution >= 0.6 is 12.4 Å². The number of nitrogens with two attached hydrogens (primary N) is 1. The van der Waals surface area contributed by atoms with Crippen LogP contribution in [-0.2, 0) is 9.59 Å². The van der Waals surface area contributed by atoms with Crippen LogP contribution in [0.1, 0.15) is 31.4 Å². The first-order valence-electron chi connectivity index (χ1n) is 7.44. The first kappa shape index (κ1) is 18.5. The zero-order valence-corrected chi connectivity index (χ0v) is 13.6. The summed E-state index contributed by atoms with van der Waals surface area (Å²) in [6.45, 7) is 3.53. The molecule has 5 nitrogen and oxygen atoms in total. The third kappa shape index (κ3) is 4.71. The van der Waals surface area contributed by atoms with Gasteiger partial charge in [-0.2, -0.15) is 0 Å². The number of carbonyl (C=O) groups is 2. The van der Waals surface area contributed by atoms with Gasteiger partial charge in [0.2, 0.25) is 11.8 Å². The monoisotopic (exact) mass is 325 g/mol. The van der Waals surface area contributed by atoms with Gasteiger partial charge in [-0.25, -0.2) is 0 Å². The molecule has 2 amide bonds. The van der Waals surface area contributed by atoms with Crippen molar-refractivity contribution in [1.82, 2.24) is 10.2 Å². The van der Waals surface area contributed by atoms with E-state index in [2.05, 4.69) is 5.32 Å². The first-order valence-corrected chi connectivity index (χ1v) is 7.44. The lowest BCUT2D eigenvalue weighted by molar-refractivity contribution is -0.141. The van der Waals surface area contributed by atoms with Crippen molar-refractivity contribution in [2.45, 2.75) is 25.8 Å². The molecule has 1 fully saturated rings. The fourth-order valence-electron chi connectivity index (χ4n) is 2.78. The van der Waals surface area contributed by atoms with E-state index in [4.69, 9.17) is 5.73 Å². The average molecular weight is 326 g/mol. The highest BCUT2D eigenvalue weighted by Gasteiger charge is 2.30. The second-order valence-electron chi connectivity index (χ2n) is 5.56. The number of amides is 2. The van der Waals surface area contributed by atoms with Crippen LogP contribution in [0, 0.1) is 5.92 Å². The molecule has 1 aromatic rings. The van der Waals surface area contributed by atoms with Crippen LogP contribution in [0.3, 0.4) is 0 Å². The summed E-state index contributed by atoms with van der Waals surface area (Å²) in [5, 5.41) is 3.24. The minimum Gasteiger partial charge on any atom is -0.368 e. The highest BCUT2D eigenvalue weighted by atomic mass is 35.5. The molecule has 2 rings (SSSR count). The van der Waals surface area contributed by atoms with E-state index in [0.29, 0.717) is 6.54 Å². The summed E-state index contributed by atoms with van der Waals surface area (Å²) in [5.41, 5.74) is 6.34. The van der Waals surface area contributed by atoms with Gasteiger partial charge in [-0.05, 0) is 31.9 Å². The van der Waals surface area contributed by atoms with Gasteiger partial charge in [-0.1, -0.05) is 30.3 Å². The number of carbonyl (C=O) groups excluding carboxylic acids is 2. The highest BCUT2D eigenvalue weighted by molar-refractivity contribution is 5.86. The Hall–Kier alpha value is -1.59. The maximum absolute atomic E-state index is 12.7. The second kappa shape index (κ2) is 8.76. The Kier molecular flexibility index (Phi) is 7.35. The van der Waals surface area contributed by atoms with Crippen molar-refractivity contribution in [3.05, 3.63) is 35.9 Å². The molecule has 1 saturated heterocycles. The first-order chi connectivity index (χ1) is 10.1. The highest BCUT2D eigenvalue weighted by Crippen LogP contribution is 2.23. The fraction of sp³-hybridized carbons (Fsp3) is 0.500. The van der Waals surface area contributed by atoms with Crippen LogP contribution in [-0.4, -0.2) is 36.3 Å². The largest absolute Gasteiger partial charge is 0.368 e. The molecule has 0 spiro atoms. The molecular formula is C16H24ClN3O2. The molecule has 3 N–H and O–H groups in total. The van der Waals surface area contributed by atoms with Gasteiger partial charge < -0.3 is 16.0 Å². The van der Waals surface area contributed by atoms with Gasteiger partial charge in [0.05, 0.1) is 18.5 Å². The lowest BCUT2D eigenvalue weighted by Gasteiger charge is -2.33. The number of piperidine rings is 1. The molecule has 0 saturated carbocycles. The van der Waals surface area contributed by atoms with Gasteiger partial charge in [-0.3, -0.25) is 9.59 Å². The molecule has 0 aromatic heterocycles. The van der Waals surface area contributed by atoms with Crippen molar-refractivity contribution >= 4 is 24.2 Å². The van der Waals surface area contributed by atoms with Gasteiger partial charge in [0.25, 0.3) is 0 Å². The summed E-state index contributed by atoms with van der Waals surface area (Å²) in [6.07, 6.45) is 1.85. The lowest BCUT2D eigenvalue weighted by Crippen LogP contribution is -2.47. The molecule has 0 bridgehead atoms. The Balaban J connectivity index is 0.00000242. The molecular weight excluding hydrogens is 302 g/mol. The lowest BCUT2D eigenvalue weighted by atomic mass is 9.96. The topological polar surface area (TPSA) is 75.4 Å². The van der Waals surface area contributed by atoms with Crippen molar-refractivity contribution in [2.75, 3.05) is 19.6 Å². The van der Waals surface area contributed by atoms with Crippen molar-refractivity contribution < 1.29 is 9.59 Å². The molecule has 0 aliphatic carbocycles. The molecule has 6 heteroatoms. The van der Waals surface area contributed by atoms with E-state index in [9.17, 15) is 9.59 Å². The van der Waals surface area contributed by atoms with E-state index >= 15 is 0 Å². The predicted molar refractivity (Wildman–Crippen MR) is 88.6 cm³/mol. The smallest absolute Gasteiger partial charge is 0.237 e. The maximum Gasteiger partial charge on any atom is 0.237 e. The summed E-state index contributed by atoms with van der Waals surface area (Å²) in [7, 11) is 0.